The Kier molecular flexibility index (Phi) is 5.99. The van der Waals surface area contributed by atoms with Gasteiger partial charge < -0.3 is 14.7 Å². The molecule has 1 aliphatic rings. The van der Waals surface area contributed by atoms with Gasteiger partial charge in [0.1, 0.15) is 22.2 Å². The van der Waals surface area contributed by atoms with Gasteiger partial charge in [0.2, 0.25) is 0 Å². The summed E-state index contributed by atoms with van der Waals surface area (Å²) < 4.78 is 12.1. The van der Waals surface area contributed by atoms with E-state index in [0.717, 1.165) is 12.8 Å². The van der Waals surface area contributed by atoms with Crippen LogP contribution in [0.25, 0.3) is 11.6 Å². The molecule has 0 atom stereocenters. The molecule has 8 heteroatoms. The van der Waals surface area contributed by atoms with E-state index in [1.807, 2.05) is 12.1 Å². The third-order valence-corrected chi connectivity index (χ3v) is 5.62. The van der Waals surface area contributed by atoms with E-state index in [9.17, 15) is 10.5 Å². The zero-order valence-corrected chi connectivity index (χ0v) is 18.0. The van der Waals surface area contributed by atoms with Crippen molar-refractivity contribution in [3.05, 3.63) is 86.4 Å². The number of nitrogens with zero attached hydrogens (tertiary/aromatic N) is 3. The molecule has 4 rings (SSSR count). The lowest BCUT2D eigenvalue weighted by Crippen LogP contribution is -2.24. The Morgan fingerprint density at radius 1 is 1.16 bits per heavy atom. The van der Waals surface area contributed by atoms with E-state index in [-0.39, 0.29) is 21.7 Å². The summed E-state index contributed by atoms with van der Waals surface area (Å²) in [6, 6.07) is 13.7. The standard InChI is InChI=1S/C23H17Cl2N3O3/c1-30-22-7-6-21(16(11-26)10-18-19(24)12-28(29)13-20(18)25)27-23(22)31-17-8-14-4-2-3-5-15(14)9-17/h2-7,10,12-13,17H,8-9H2,1H3. The van der Waals surface area contributed by atoms with Gasteiger partial charge >= 0.3 is 0 Å². The zero-order chi connectivity index (χ0) is 22.0. The first-order valence-electron chi connectivity index (χ1n) is 9.47. The monoisotopic (exact) mass is 453 g/mol. The molecule has 0 bridgehead atoms. The summed E-state index contributed by atoms with van der Waals surface area (Å²) in [5.74, 6) is 0.779. The first-order chi connectivity index (χ1) is 15.0. The second kappa shape index (κ2) is 8.84. The van der Waals surface area contributed by atoms with Crippen molar-refractivity contribution in [1.82, 2.24) is 4.98 Å². The number of fused-ring (bicyclic) bond motifs is 1. The summed E-state index contributed by atoms with van der Waals surface area (Å²) in [4.78, 5) is 4.52. The zero-order valence-electron chi connectivity index (χ0n) is 16.5. The molecular formula is C23H17Cl2N3O3. The van der Waals surface area contributed by atoms with Crippen molar-refractivity contribution >= 4 is 34.9 Å². The lowest BCUT2D eigenvalue weighted by molar-refractivity contribution is -0.605. The summed E-state index contributed by atoms with van der Waals surface area (Å²) in [6.45, 7) is 0. The number of halogens is 2. The number of rotatable bonds is 5. The van der Waals surface area contributed by atoms with Crippen molar-refractivity contribution in [3.63, 3.8) is 0 Å². The van der Waals surface area contributed by atoms with Crippen LogP contribution in [0.1, 0.15) is 22.4 Å². The second-order valence-corrected chi connectivity index (χ2v) is 7.83. The van der Waals surface area contributed by atoms with Gasteiger partial charge in [-0.15, -0.1) is 0 Å². The predicted molar refractivity (Wildman–Crippen MR) is 118 cm³/mol. The molecule has 1 aromatic carbocycles. The number of benzene rings is 1. The number of allylic oxidation sites excluding steroid dienone is 1. The molecule has 156 valence electrons. The van der Waals surface area contributed by atoms with E-state index in [1.165, 1.54) is 36.7 Å². The highest BCUT2D eigenvalue weighted by Gasteiger charge is 2.24. The summed E-state index contributed by atoms with van der Waals surface area (Å²) in [5.41, 5.74) is 3.46. The van der Waals surface area contributed by atoms with Crippen LogP contribution < -0.4 is 14.2 Å². The Labute approximate surface area is 189 Å². The van der Waals surface area contributed by atoms with E-state index in [4.69, 9.17) is 32.7 Å². The van der Waals surface area contributed by atoms with Gasteiger partial charge in [-0.25, -0.2) is 4.98 Å². The summed E-state index contributed by atoms with van der Waals surface area (Å²) in [6.07, 6.45) is 5.31. The minimum absolute atomic E-state index is 0.0749. The number of hydrogen-bond donors (Lipinski definition) is 0. The van der Waals surface area contributed by atoms with Crippen molar-refractivity contribution in [1.29, 1.82) is 5.26 Å². The molecule has 0 spiro atoms. The van der Waals surface area contributed by atoms with Gasteiger partial charge in [-0.2, -0.15) is 9.99 Å². The van der Waals surface area contributed by atoms with Gasteiger partial charge in [0, 0.05) is 18.4 Å². The fourth-order valence-corrected chi connectivity index (χ4v) is 4.09. The minimum atomic E-state index is -0.0749. The van der Waals surface area contributed by atoms with Crippen LogP contribution in [-0.2, 0) is 12.8 Å². The van der Waals surface area contributed by atoms with Crippen LogP contribution in [0, 0.1) is 16.5 Å². The van der Waals surface area contributed by atoms with Crippen LogP contribution in [0.15, 0.2) is 48.8 Å². The Bertz CT molecular complexity index is 1170. The molecule has 0 amide bonds. The average molecular weight is 454 g/mol. The summed E-state index contributed by atoms with van der Waals surface area (Å²) in [7, 11) is 1.54. The minimum Gasteiger partial charge on any atom is -0.619 e. The maximum atomic E-state index is 11.5. The maximum absolute atomic E-state index is 11.5. The number of nitriles is 1. The lowest BCUT2D eigenvalue weighted by atomic mass is 10.1. The van der Waals surface area contributed by atoms with Crippen LogP contribution in [0.3, 0.4) is 0 Å². The van der Waals surface area contributed by atoms with Crippen molar-refractivity contribution in [2.24, 2.45) is 0 Å². The molecule has 6 nitrogen and oxygen atoms in total. The van der Waals surface area contributed by atoms with Crippen LogP contribution in [0.5, 0.6) is 11.6 Å². The van der Waals surface area contributed by atoms with Crippen LogP contribution >= 0.6 is 23.2 Å². The van der Waals surface area contributed by atoms with Crippen molar-refractivity contribution < 1.29 is 14.2 Å². The highest BCUT2D eigenvalue weighted by Crippen LogP contribution is 2.33. The molecule has 3 aromatic rings. The molecule has 2 aromatic heterocycles. The SMILES string of the molecule is COc1ccc(C(C#N)=Cc2c(Cl)c[n+]([O-])cc2Cl)nc1OC1Cc2ccccc2C1. The quantitative estimate of drug-likeness (QED) is 0.319. The third kappa shape index (κ3) is 4.43. The van der Waals surface area contributed by atoms with E-state index in [2.05, 4.69) is 23.2 Å². The van der Waals surface area contributed by atoms with Gasteiger partial charge in [-0.1, -0.05) is 47.5 Å². The van der Waals surface area contributed by atoms with Gasteiger partial charge in [0.05, 0.1) is 18.4 Å². The molecule has 0 fully saturated rings. The van der Waals surface area contributed by atoms with Gasteiger partial charge in [-0.05, 0) is 29.3 Å². The van der Waals surface area contributed by atoms with Crippen LogP contribution in [0.4, 0.5) is 0 Å². The number of pyridine rings is 2. The molecule has 0 saturated carbocycles. The molecule has 2 heterocycles. The van der Waals surface area contributed by atoms with E-state index in [1.54, 1.807) is 12.1 Å². The number of hydrogen-bond acceptors (Lipinski definition) is 5. The molecule has 0 aliphatic heterocycles. The highest BCUT2D eigenvalue weighted by molar-refractivity contribution is 6.37. The van der Waals surface area contributed by atoms with Crippen LogP contribution in [-0.4, -0.2) is 18.2 Å². The molecule has 1 aliphatic carbocycles. The first-order valence-corrected chi connectivity index (χ1v) is 10.2. The molecular weight excluding hydrogens is 437 g/mol. The fraction of sp³-hybridized carbons (Fsp3) is 0.174. The summed E-state index contributed by atoms with van der Waals surface area (Å²) >= 11 is 12.3. The number of methoxy groups -OCH3 is 1. The Balaban J connectivity index is 1.66. The van der Waals surface area contributed by atoms with Crippen molar-refractivity contribution in [2.75, 3.05) is 7.11 Å². The maximum Gasteiger partial charge on any atom is 0.257 e. The largest absolute Gasteiger partial charge is 0.619 e. The molecule has 31 heavy (non-hydrogen) atoms. The Hall–Kier alpha value is -3.27. The topological polar surface area (TPSA) is 82.1 Å². The predicted octanol–water partition coefficient (Wildman–Crippen LogP) is 4.64. The average Bonchev–Trinajstić information content (AvgIpc) is 3.15. The Morgan fingerprint density at radius 2 is 1.81 bits per heavy atom. The number of aromatic nitrogens is 2. The van der Waals surface area contributed by atoms with E-state index < -0.39 is 0 Å². The van der Waals surface area contributed by atoms with Gasteiger partial charge in [0.25, 0.3) is 5.88 Å². The summed E-state index contributed by atoms with van der Waals surface area (Å²) in [5, 5.41) is 21.4. The second-order valence-electron chi connectivity index (χ2n) is 7.02. The lowest BCUT2D eigenvalue weighted by Gasteiger charge is -2.15. The van der Waals surface area contributed by atoms with E-state index in [0.29, 0.717) is 27.6 Å². The molecule has 0 saturated heterocycles. The molecule has 0 radical (unpaired) electrons. The Morgan fingerprint density at radius 3 is 2.39 bits per heavy atom. The van der Waals surface area contributed by atoms with Gasteiger partial charge in [0.15, 0.2) is 18.1 Å². The fourth-order valence-electron chi connectivity index (χ4n) is 3.54. The smallest absolute Gasteiger partial charge is 0.257 e. The normalized spacial score (nSPS) is 13.5. The van der Waals surface area contributed by atoms with Crippen molar-refractivity contribution in [2.45, 2.75) is 18.9 Å². The van der Waals surface area contributed by atoms with Gasteiger partial charge in [-0.3, -0.25) is 0 Å². The van der Waals surface area contributed by atoms with Crippen molar-refractivity contribution in [3.8, 4) is 17.7 Å². The third-order valence-electron chi connectivity index (χ3n) is 5.02. The van der Waals surface area contributed by atoms with Crippen LogP contribution in [0.2, 0.25) is 10.0 Å². The molecule has 0 unspecified atom stereocenters. The highest BCUT2D eigenvalue weighted by atomic mass is 35.5. The first kappa shape index (κ1) is 21.0. The number of ether oxygens (including phenoxy) is 2. The molecule has 0 N–H and O–H groups in total. The van der Waals surface area contributed by atoms with E-state index >= 15 is 0 Å².